The molecule has 3 nitrogen and oxygen atoms in total. The number of aliphatic hydroxyl groups is 1. The average Bonchev–Trinajstić information content (AvgIpc) is 2.49. The van der Waals surface area contributed by atoms with Crippen molar-refractivity contribution in [3.05, 3.63) is 35.1 Å². The highest BCUT2D eigenvalue weighted by Crippen LogP contribution is 2.41. The van der Waals surface area contributed by atoms with E-state index in [2.05, 4.69) is 5.32 Å². The SMILES string of the molecule is CC(C)(CO)[C@H](c1cc(C(F)(F)F)ccc1F)N1CCNCC1. The Balaban J connectivity index is 2.50. The van der Waals surface area contributed by atoms with E-state index in [0.29, 0.717) is 26.2 Å². The zero-order chi connectivity index (χ0) is 17.3. The minimum absolute atomic E-state index is 0.0132. The summed E-state index contributed by atoms with van der Waals surface area (Å²) in [6, 6.07) is 1.86. The van der Waals surface area contributed by atoms with Crippen molar-refractivity contribution in [2.45, 2.75) is 26.1 Å². The minimum Gasteiger partial charge on any atom is -0.396 e. The first-order chi connectivity index (χ1) is 10.7. The molecule has 1 aliphatic heterocycles. The molecule has 0 spiro atoms. The third kappa shape index (κ3) is 4.02. The lowest BCUT2D eigenvalue weighted by atomic mass is 9.79. The summed E-state index contributed by atoms with van der Waals surface area (Å²) >= 11 is 0. The Bertz CT molecular complexity index is 539. The van der Waals surface area contributed by atoms with E-state index >= 15 is 0 Å². The molecule has 0 unspecified atom stereocenters. The van der Waals surface area contributed by atoms with E-state index in [4.69, 9.17) is 0 Å². The molecule has 0 bridgehead atoms. The molecule has 0 radical (unpaired) electrons. The molecule has 1 aromatic carbocycles. The molecular weight excluding hydrogens is 312 g/mol. The van der Waals surface area contributed by atoms with E-state index in [1.807, 2.05) is 4.90 Å². The second-order valence-corrected chi connectivity index (χ2v) is 6.57. The first-order valence-corrected chi connectivity index (χ1v) is 7.59. The van der Waals surface area contributed by atoms with E-state index in [-0.39, 0.29) is 12.2 Å². The number of benzene rings is 1. The molecule has 1 aromatic rings. The van der Waals surface area contributed by atoms with Gasteiger partial charge in [-0.15, -0.1) is 0 Å². The van der Waals surface area contributed by atoms with Crippen LogP contribution < -0.4 is 5.32 Å². The van der Waals surface area contributed by atoms with E-state index in [1.165, 1.54) is 0 Å². The third-order valence-corrected chi connectivity index (χ3v) is 4.28. The predicted octanol–water partition coefficient (Wildman–Crippen LogP) is 2.81. The van der Waals surface area contributed by atoms with Crippen LogP contribution in [0.1, 0.15) is 31.0 Å². The molecule has 7 heteroatoms. The fraction of sp³-hybridized carbons (Fsp3) is 0.625. The summed E-state index contributed by atoms with van der Waals surface area (Å²) < 4.78 is 53.3. The number of alkyl halides is 3. The highest BCUT2D eigenvalue weighted by Gasteiger charge is 2.39. The maximum Gasteiger partial charge on any atom is 0.416 e. The van der Waals surface area contributed by atoms with Gasteiger partial charge in [0.2, 0.25) is 0 Å². The van der Waals surface area contributed by atoms with Crippen LogP contribution in [0.15, 0.2) is 18.2 Å². The van der Waals surface area contributed by atoms with Gasteiger partial charge in [-0.1, -0.05) is 13.8 Å². The first-order valence-electron chi connectivity index (χ1n) is 7.59. The van der Waals surface area contributed by atoms with E-state index in [1.54, 1.807) is 13.8 Å². The largest absolute Gasteiger partial charge is 0.416 e. The normalized spacial score (nSPS) is 18.9. The summed E-state index contributed by atoms with van der Waals surface area (Å²) in [4.78, 5) is 1.94. The Hall–Kier alpha value is -1.18. The fourth-order valence-electron chi connectivity index (χ4n) is 3.07. The number of hydrogen-bond acceptors (Lipinski definition) is 3. The van der Waals surface area contributed by atoms with Crippen LogP contribution in [0.3, 0.4) is 0 Å². The van der Waals surface area contributed by atoms with Gasteiger partial charge in [-0.25, -0.2) is 4.39 Å². The molecular formula is C16H22F4N2O. The number of piperazine rings is 1. The van der Waals surface area contributed by atoms with Gasteiger partial charge in [0.15, 0.2) is 0 Å². The van der Waals surface area contributed by atoms with Gasteiger partial charge in [-0.3, -0.25) is 4.90 Å². The van der Waals surface area contributed by atoms with Crippen molar-refractivity contribution in [3.8, 4) is 0 Å². The Morgan fingerprint density at radius 1 is 1.22 bits per heavy atom. The molecule has 1 saturated heterocycles. The van der Waals surface area contributed by atoms with Crippen molar-refractivity contribution < 1.29 is 22.7 Å². The lowest BCUT2D eigenvalue weighted by Crippen LogP contribution is -2.49. The molecule has 0 aliphatic carbocycles. The molecule has 23 heavy (non-hydrogen) atoms. The maximum absolute atomic E-state index is 14.3. The van der Waals surface area contributed by atoms with Crippen LogP contribution in [-0.2, 0) is 6.18 Å². The number of nitrogens with one attached hydrogen (secondary N) is 1. The van der Waals surface area contributed by atoms with E-state index in [0.717, 1.165) is 18.2 Å². The van der Waals surface area contributed by atoms with Gasteiger partial charge in [0.05, 0.1) is 5.56 Å². The monoisotopic (exact) mass is 334 g/mol. The van der Waals surface area contributed by atoms with Gasteiger partial charge in [0.25, 0.3) is 0 Å². The van der Waals surface area contributed by atoms with Gasteiger partial charge in [-0.2, -0.15) is 13.2 Å². The van der Waals surface area contributed by atoms with Crippen LogP contribution >= 0.6 is 0 Å². The number of rotatable bonds is 4. The summed E-state index contributed by atoms with van der Waals surface area (Å²) in [5.41, 5.74) is -1.66. The van der Waals surface area contributed by atoms with Gasteiger partial charge in [-0.05, 0) is 18.2 Å². The van der Waals surface area contributed by atoms with Crippen molar-refractivity contribution in [2.75, 3.05) is 32.8 Å². The average molecular weight is 334 g/mol. The van der Waals surface area contributed by atoms with Crippen LogP contribution in [-0.4, -0.2) is 42.8 Å². The number of hydrogen-bond donors (Lipinski definition) is 2. The first kappa shape index (κ1) is 18.2. The zero-order valence-corrected chi connectivity index (χ0v) is 13.3. The smallest absolute Gasteiger partial charge is 0.396 e. The third-order valence-electron chi connectivity index (χ3n) is 4.28. The van der Waals surface area contributed by atoms with Gasteiger partial charge < -0.3 is 10.4 Å². The number of halogens is 4. The lowest BCUT2D eigenvalue weighted by Gasteiger charge is -2.43. The second-order valence-electron chi connectivity index (χ2n) is 6.57. The molecule has 0 aromatic heterocycles. The van der Waals surface area contributed by atoms with Crippen LogP contribution in [0, 0.1) is 11.2 Å². The van der Waals surface area contributed by atoms with Crippen LogP contribution in [0.4, 0.5) is 17.6 Å². The highest BCUT2D eigenvalue weighted by molar-refractivity contribution is 5.31. The summed E-state index contributed by atoms with van der Waals surface area (Å²) in [5.74, 6) is -0.678. The predicted molar refractivity (Wildman–Crippen MR) is 79.5 cm³/mol. The molecule has 130 valence electrons. The highest BCUT2D eigenvalue weighted by atomic mass is 19.4. The van der Waals surface area contributed by atoms with Crippen molar-refractivity contribution in [2.24, 2.45) is 5.41 Å². The lowest BCUT2D eigenvalue weighted by molar-refractivity contribution is -0.137. The number of aliphatic hydroxyl groups excluding tert-OH is 1. The minimum atomic E-state index is -4.53. The topological polar surface area (TPSA) is 35.5 Å². The Labute approximate surface area is 133 Å². The summed E-state index contributed by atoms with van der Waals surface area (Å²) in [5, 5.41) is 12.9. The van der Waals surface area contributed by atoms with Gasteiger partial charge in [0.1, 0.15) is 5.82 Å². The fourth-order valence-corrected chi connectivity index (χ4v) is 3.07. The van der Waals surface area contributed by atoms with E-state index < -0.39 is 29.0 Å². The van der Waals surface area contributed by atoms with Gasteiger partial charge >= 0.3 is 6.18 Å². The molecule has 1 atom stereocenters. The van der Waals surface area contributed by atoms with Crippen LogP contribution in [0.25, 0.3) is 0 Å². The molecule has 2 N–H and O–H groups in total. The summed E-state index contributed by atoms with van der Waals surface area (Å²) in [6.07, 6.45) is -4.53. The quantitative estimate of drug-likeness (QED) is 0.831. The maximum atomic E-state index is 14.3. The van der Waals surface area contributed by atoms with Crippen LogP contribution in [0.2, 0.25) is 0 Å². The van der Waals surface area contributed by atoms with E-state index in [9.17, 15) is 22.7 Å². The Morgan fingerprint density at radius 3 is 2.35 bits per heavy atom. The molecule has 1 aliphatic rings. The van der Waals surface area contributed by atoms with Gasteiger partial charge in [0, 0.05) is 49.8 Å². The number of nitrogens with zero attached hydrogens (tertiary/aromatic N) is 1. The van der Waals surface area contributed by atoms with Crippen molar-refractivity contribution in [1.82, 2.24) is 10.2 Å². The van der Waals surface area contributed by atoms with Crippen molar-refractivity contribution >= 4 is 0 Å². The molecule has 2 rings (SSSR count). The van der Waals surface area contributed by atoms with Crippen molar-refractivity contribution in [3.63, 3.8) is 0 Å². The molecule has 0 amide bonds. The molecule has 1 fully saturated rings. The standard InChI is InChI=1S/C16H22F4N2O/c1-15(2,10-23)14(22-7-5-21-6-8-22)12-9-11(16(18,19)20)3-4-13(12)17/h3-4,9,14,21,23H,5-8,10H2,1-2H3/t14-/m0/s1. The van der Waals surface area contributed by atoms with Crippen molar-refractivity contribution in [1.29, 1.82) is 0 Å². The second kappa shape index (κ2) is 6.75. The Morgan fingerprint density at radius 2 is 1.83 bits per heavy atom. The summed E-state index contributed by atoms with van der Waals surface area (Å²) in [7, 11) is 0. The zero-order valence-electron chi connectivity index (χ0n) is 13.3. The van der Waals surface area contributed by atoms with Crippen LogP contribution in [0.5, 0.6) is 0 Å². The molecule has 1 heterocycles. The Kier molecular flexibility index (Phi) is 5.33. The molecule has 0 saturated carbocycles. The summed E-state index contributed by atoms with van der Waals surface area (Å²) in [6.45, 7) is 5.75.